The third kappa shape index (κ3) is 1.35. The summed E-state index contributed by atoms with van der Waals surface area (Å²) in [7, 11) is 0. The van der Waals surface area contributed by atoms with Crippen LogP contribution in [-0.4, -0.2) is 17.2 Å². The van der Waals surface area contributed by atoms with Crippen molar-refractivity contribution in [2.75, 3.05) is 6.61 Å². The molecule has 0 bridgehead atoms. The van der Waals surface area contributed by atoms with E-state index in [-0.39, 0.29) is 10.6 Å². The molecule has 0 N–H and O–H groups in total. The van der Waals surface area contributed by atoms with E-state index in [2.05, 4.69) is 15.9 Å². The minimum absolute atomic E-state index is 0.109. The van der Waals surface area contributed by atoms with Crippen LogP contribution in [0, 0.1) is 0 Å². The normalized spacial score (nSPS) is 19.3. The van der Waals surface area contributed by atoms with Crippen LogP contribution < -0.4 is 4.74 Å². The Morgan fingerprint density at radius 2 is 2.00 bits per heavy atom. The summed E-state index contributed by atoms with van der Waals surface area (Å²) in [6.07, 6.45) is 0. The highest BCUT2D eigenvalue weighted by atomic mass is 79.9. The van der Waals surface area contributed by atoms with Crippen LogP contribution in [0.3, 0.4) is 0 Å². The number of halogens is 1. The molecule has 1 heterocycles. The minimum Gasteiger partial charge on any atom is -0.491 e. The van der Waals surface area contributed by atoms with Crippen LogP contribution in [0.15, 0.2) is 36.4 Å². The van der Waals surface area contributed by atoms with Crippen molar-refractivity contribution in [3.63, 3.8) is 0 Å². The predicted molar refractivity (Wildman–Crippen MR) is 66.5 cm³/mol. The van der Waals surface area contributed by atoms with Crippen molar-refractivity contribution in [1.29, 1.82) is 0 Å². The summed E-state index contributed by atoms with van der Waals surface area (Å²) in [4.78, 5) is 11.9. The Kier molecular flexibility index (Phi) is 2.21. The Hall–Kier alpha value is -1.35. The van der Waals surface area contributed by atoms with Crippen molar-refractivity contribution < 1.29 is 9.53 Å². The molecule has 0 saturated heterocycles. The summed E-state index contributed by atoms with van der Waals surface area (Å²) in [5, 5.41) is 2.04. The summed E-state index contributed by atoms with van der Waals surface area (Å²) < 4.78 is 5.55. The Morgan fingerprint density at radius 3 is 2.88 bits per heavy atom. The molecule has 3 rings (SSSR count). The molecule has 2 aromatic carbocycles. The lowest BCUT2D eigenvalue weighted by Gasteiger charge is -2.21. The van der Waals surface area contributed by atoms with Gasteiger partial charge in [0, 0.05) is 0 Å². The van der Waals surface area contributed by atoms with Crippen LogP contribution in [0.25, 0.3) is 10.8 Å². The molecule has 0 aliphatic carbocycles. The highest BCUT2D eigenvalue weighted by molar-refractivity contribution is 9.10. The summed E-state index contributed by atoms with van der Waals surface area (Å²) >= 11 is 3.33. The molecular formula is C13H9BrO2. The van der Waals surface area contributed by atoms with Crippen LogP contribution in [0.4, 0.5) is 0 Å². The molecule has 1 unspecified atom stereocenters. The van der Waals surface area contributed by atoms with Gasteiger partial charge in [0.15, 0.2) is 5.78 Å². The number of hydrogen-bond acceptors (Lipinski definition) is 2. The van der Waals surface area contributed by atoms with Crippen LogP contribution >= 0.6 is 15.9 Å². The van der Waals surface area contributed by atoms with Crippen molar-refractivity contribution in [1.82, 2.24) is 0 Å². The second-order valence-electron chi connectivity index (χ2n) is 3.80. The number of carbonyl (C=O) groups excluding carboxylic acids is 1. The number of hydrogen-bond donors (Lipinski definition) is 0. The van der Waals surface area contributed by atoms with Gasteiger partial charge in [-0.15, -0.1) is 0 Å². The zero-order chi connectivity index (χ0) is 11.1. The smallest absolute Gasteiger partial charge is 0.184 e. The molecule has 0 spiro atoms. The molecule has 80 valence electrons. The average molecular weight is 277 g/mol. The lowest BCUT2D eigenvalue weighted by molar-refractivity contribution is 0.0948. The third-order valence-electron chi connectivity index (χ3n) is 2.81. The van der Waals surface area contributed by atoms with E-state index in [1.807, 2.05) is 36.4 Å². The van der Waals surface area contributed by atoms with E-state index in [1.165, 1.54) is 0 Å². The molecule has 3 heteroatoms. The van der Waals surface area contributed by atoms with Crippen LogP contribution in [-0.2, 0) is 0 Å². The summed E-state index contributed by atoms with van der Waals surface area (Å²) in [5.41, 5.74) is 0.700. The largest absolute Gasteiger partial charge is 0.491 e. The van der Waals surface area contributed by atoms with E-state index in [4.69, 9.17) is 4.74 Å². The standard InChI is InChI=1S/C13H9BrO2/c14-10-7-16-11-6-5-8-3-1-2-4-9(8)12(11)13(10)15/h1-6,10H,7H2. The van der Waals surface area contributed by atoms with Gasteiger partial charge in [-0.3, -0.25) is 4.79 Å². The summed E-state index contributed by atoms with van der Waals surface area (Å²) in [5.74, 6) is 0.803. The number of alkyl halides is 1. The average Bonchev–Trinajstić information content (AvgIpc) is 2.33. The van der Waals surface area contributed by atoms with Crippen molar-refractivity contribution >= 4 is 32.5 Å². The lowest BCUT2D eigenvalue weighted by Crippen LogP contribution is -2.28. The monoisotopic (exact) mass is 276 g/mol. The molecule has 0 saturated carbocycles. The van der Waals surface area contributed by atoms with Gasteiger partial charge in [-0.1, -0.05) is 46.3 Å². The third-order valence-corrected chi connectivity index (χ3v) is 3.49. The van der Waals surface area contributed by atoms with E-state index in [1.54, 1.807) is 0 Å². The number of fused-ring (bicyclic) bond motifs is 3. The summed E-state index contributed by atoms with van der Waals surface area (Å²) in [6, 6.07) is 11.7. The van der Waals surface area contributed by atoms with Gasteiger partial charge in [0.25, 0.3) is 0 Å². The van der Waals surface area contributed by atoms with Crippen LogP contribution in [0.1, 0.15) is 10.4 Å². The van der Waals surface area contributed by atoms with E-state index < -0.39 is 0 Å². The molecule has 0 fully saturated rings. The zero-order valence-electron chi connectivity index (χ0n) is 8.44. The highest BCUT2D eigenvalue weighted by Crippen LogP contribution is 2.33. The number of ketones is 1. The first-order valence-electron chi connectivity index (χ1n) is 5.10. The highest BCUT2D eigenvalue weighted by Gasteiger charge is 2.28. The Bertz CT molecular complexity index is 577. The van der Waals surface area contributed by atoms with E-state index >= 15 is 0 Å². The van der Waals surface area contributed by atoms with Crippen molar-refractivity contribution in [2.24, 2.45) is 0 Å². The topological polar surface area (TPSA) is 26.3 Å². The second-order valence-corrected chi connectivity index (χ2v) is 4.91. The van der Waals surface area contributed by atoms with E-state index in [0.717, 1.165) is 10.8 Å². The fourth-order valence-electron chi connectivity index (χ4n) is 2.02. The molecule has 2 aromatic rings. The Balaban J connectivity index is 2.36. The quantitative estimate of drug-likeness (QED) is 0.691. The predicted octanol–water partition coefficient (Wildman–Crippen LogP) is 3.18. The van der Waals surface area contributed by atoms with Crippen molar-refractivity contribution in [3.8, 4) is 5.75 Å². The van der Waals surface area contributed by atoms with E-state index in [0.29, 0.717) is 17.9 Å². The molecule has 1 aliphatic heterocycles. The second kappa shape index (κ2) is 3.59. The maximum atomic E-state index is 12.1. The first-order chi connectivity index (χ1) is 7.77. The molecule has 1 aliphatic rings. The van der Waals surface area contributed by atoms with Crippen LogP contribution in [0.5, 0.6) is 5.75 Å². The van der Waals surface area contributed by atoms with Gasteiger partial charge >= 0.3 is 0 Å². The number of benzene rings is 2. The number of Topliss-reactive ketones (excluding diaryl/α,β-unsaturated/α-hetero) is 1. The van der Waals surface area contributed by atoms with E-state index in [9.17, 15) is 4.79 Å². The molecular weight excluding hydrogens is 268 g/mol. The van der Waals surface area contributed by atoms with Crippen LogP contribution in [0.2, 0.25) is 0 Å². The Morgan fingerprint density at radius 1 is 1.19 bits per heavy atom. The fourth-order valence-corrected chi connectivity index (χ4v) is 2.38. The Labute approximate surface area is 101 Å². The van der Waals surface area contributed by atoms with Gasteiger partial charge < -0.3 is 4.74 Å². The number of rotatable bonds is 0. The minimum atomic E-state index is -0.231. The van der Waals surface area contributed by atoms with Gasteiger partial charge in [-0.2, -0.15) is 0 Å². The SMILES string of the molecule is O=C1c2c(ccc3ccccc23)OCC1Br. The molecule has 16 heavy (non-hydrogen) atoms. The van der Waals surface area contributed by atoms with Gasteiger partial charge in [0.1, 0.15) is 17.2 Å². The number of carbonyl (C=O) groups is 1. The van der Waals surface area contributed by atoms with Gasteiger partial charge in [-0.25, -0.2) is 0 Å². The number of ether oxygens (including phenoxy) is 1. The van der Waals surface area contributed by atoms with Gasteiger partial charge in [-0.05, 0) is 16.8 Å². The molecule has 0 aromatic heterocycles. The molecule has 0 radical (unpaired) electrons. The molecule has 0 amide bonds. The zero-order valence-corrected chi connectivity index (χ0v) is 10.0. The molecule has 1 atom stereocenters. The van der Waals surface area contributed by atoms with Gasteiger partial charge in [0.05, 0.1) is 5.56 Å². The maximum absolute atomic E-state index is 12.1. The van der Waals surface area contributed by atoms with Gasteiger partial charge in [0.2, 0.25) is 0 Å². The fraction of sp³-hybridized carbons (Fsp3) is 0.154. The van der Waals surface area contributed by atoms with Crippen molar-refractivity contribution in [2.45, 2.75) is 4.83 Å². The summed E-state index contributed by atoms with van der Waals surface area (Å²) in [6.45, 7) is 0.407. The first-order valence-corrected chi connectivity index (χ1v) is 6.02. The molecule has 2 nitrogen and oxygen atoms in total. The lowest BCUT2D eigenvalue weighted by atomic mass is 9.97. The van der Waals surface area contributed by atoms with Crippen molar-refractivity contribution in [3.05, 3.63) is 42.0 Å². The first kappa shape index (κ1) is 9.85. The maximum Gasteiger partial charge on any atom is 0.184 e.